The number of nitrogens with one attached hydrogen (secondary N) is 2. The molecule has 0 bridgehead atoms. The number of hydrogen-bond acceptors (Lipinski definition) is 14. The zero-order chi connectivity index (χ0) is 28.1. The van der Waals surface area contributed by atoms with Gasteiger partial charge in [0.05, 0.1) is 30.9 Å². The molecular weight excluding hydrogens is 518 g/mol. The minimum Gasteiger partial charge on any atom is -0.389 e. The molecule has 3 aliphatic rings. The second-order valence-corrected chi connectivity index (χ2v) is 10.5. The summed E-state index contributed by atoms with van der Waals surface area (Å²) in [6.07, 6.45) is -5.01. The molecule has 220 valence electrons. The van der Waals surface area contributed by atoms with E-state index in [1.54, 1.807) is 7.05 Å². The van der Waals surface area contributed by atoms with Crippen LogP contribution in [0.2, 0.25) is 0 Å². The summed E-state index contributed by atoms with van der Waals surface area (Å²) in [6.45, 7) is 1.99. The molecule has 0 aromatic carbocycles. The van der Waals surface area contributed by atoms with Crippen LogP contribution in [0, 0.1) is 0 Å². The fourth-order valence-corrected chi connectivity index (χ4v) is 4.74. The summed E-state index contributed by atoms with van der Waals surface area (Å²) < 4.78 is 55.1. The quantitative estimate of drug-likeness (QED) is 0.131. The van der Waals surface area contributed by atoms with Crippen molar-refractivity contribution in [1.82, 2.24) is 10.6 Å². The second kappa shape index (κ2) is 14.1. The fourth-order valence-electron chi connectivity index (χ4n) is 4.74. The van der Waals surface area contributed by atoms with Crippen molar-refractivity contribution in [3.63, 3.8) is 0 Å². The van der Waals surface area contributed by atoms with E-state index in [0.29, 0.717) is 12.8 Å². The first-order chi connectivity index (χ1) is 17.2. The van der Waals surface area contributed by atoms with Crippen molar-refractivity contribution in [3.8, 4) is 0 Å². The first-order valence-electron chi connectivity index (χ1n) is 12.1. The molecule has 0 radical (unpaired) electrons. The highest BCUT2D eigenvalue weighted by Crippen LogP contribution is 2.30. The summed E-state index contributed by atoms with van der Waals surface area (Å²) in [5.74, 6) is 0. The number of nitrogens with two attached hydrogens (primary N) is 3. The van der Waals surface area contributed by atoms with Crippen LogP contribution in [0.1, 0.15) is 26.2 Å². The van der Waals surface area contributed by atoms with Gasteiger partial charge in [0.25, 0.3) is 0 Å². The summed E-state index contributed by atoms with van der Waals surface area (Å²) in [5, 5.41) is 37.6. The Morgan fingerprint density at radius 1 is 0.919 bits per heavy atom. The van der Waals surface area contributed by atoms with Gasteiger partial charge in [-0.1, -0.05) is 0 Å². The molecular formula is C20H43N5O11S. The molecule has 3 rings (SSSR count). The Labute approximate surface area is 216 Å². The molecule has 3 unspecified atom stereocenters. The largest absolute Gasteiger partial charge is 0.394 e. The van der Waals surface area contributed by atoms with E-state index in [2.05, 4.69) is 10.6 Å². The number of likely N-dealkylation sites (N-methyl/N-ethyl adjacent to an activating group) is 2. The van der Waals surface area contributed by atoms with E-state index in [1.807, 2.05) is 14.0 Å². The van der Waals surface area contributed by atoms with E-state index in [0.717, 1.165) is 6.42 Å². The van der Waals surface area contributed by atoms with Gasteiger partial charge in [-0.15, -0.1) is 0 Å². The summed E-state index contributed by atoms with van der Waals surface area (Å²) >= 11 is 0. The molecule has 16 nitrogen and oxygen atoms in total. The van der Waals surface area contributed by atoms with Gasteiger partial charge in [-0.05, 0) is 40.3 Å². The number of hydrogen-bond donors (Lipinski definition) is 10. The Hall–Kier alpha value is -0.610. The van der Waals surface area contributed by atoms with Crippen molar-refractivity contribution in [2.24, 2.45) is 17.2 Å². The lowest BCUT2D eigenvalue weighted by molar-refractivity contribution is -0.297. The van der Waals surface area contributed by atoms with E-state index < -0.39 is 71.6 Å². The Balaban J connectivity index is 0.000000877. The van der Waals surface area contributed by atoms with Crippen LogP contribution < -0.4 is 27.8 Å². The first kappa shape index (κ1) is 32.6. The third-order valence-electron chi connectivity index (χ3n) is 6.93. The summed E-state index contributed by atoms with van der Waals surface area (Å²) in [4.78, 5) is 0. The van der Waals surface area contributed by atoms with Gasteiger partial charge in [0.1, 0.15) is 24.4 Å². The van der Waals surface area contributed by atoms with Crippen molar-refractivity contribution >= 4 is 10.4 Å². The van der Waals surface area contributed by atoms with Crippen LogP contribution in [-0.2, 0) is 29.3 Å². The molecule has 3 fully saturated rings. The van der Waals surface area contributed by atoms with Gasteiger partial charge >= 0.3 is 10.4 Å². The zero-order valence-electron chi connectivity index (χ0n) is 21.2. The van der Waals surface area contributed by atoms with Crippen LogP contribution in [0.5, 0.6) is 0 Å². The van der Waals surface area contributed by atoms with Crippen LogP contribution >= 0.6 is 0 Å². The van der Waals surface area contributed by atoms with Crippen molar-refractivity contribution in [3.05, 3.63) is 0 Å². The third-order valence-corrected chi connectivity index (χ3v) is 6.93. The minimum atomic E-state index is -4.67. The van der Waals surface area contributed by atoms with E-state index in [4.69, 9.17) is 53.7 Å². The van der Waals surface area contributed by atoms with Crippen molar-refractivity contribution < 1.29 is 51.8 Å². The minimum absolute atomic E-state index is 0.0272. The number of ether oxygens (including phenoxy) is 4. The maximum atomic E-state index is 11.1. The van der Waals surface area contributed by atoms with Gasteiger partial charge in [0.15, 0.2) is 12.6 Å². The van der Waals surface area contributed by atoms with E-state index in [-0.39, 0.29) is 24.8 Å². The molecule has 17 heteroatoms. The van der Waals surface area contributed by atoms with Crippen molar-refractivity contribution in [2.45, 2.75) is 106 Å². The predicted molar refractivity (Wildman–Crippen MR) is 129 cm³/mol. The Bertz CT molecular complexity index is 791. The summed E-state index contributed by atoms with van der Waals surface area (Å²) in [5.41, 5.74) is 18.7. The molecule has 0 aromatic heterocycles. The molecule has 2 saturated heterocycles. The van der Waals surface area contributed by atoms with Crippen LogP contribution in [0.4, 0.5) is 0 Å². The van der Waals surface area contributed by atoms with Crippen LogP contribution in [0.3, 0.4) is 0 Å². The molecule has 2 heterocycles. The maximum absolute atomic E-state index is 11.1. The van der Waals surface area contributed by atoms with Crippen LogP contribution in [-0.4, -0.2) is 133 Å². The normalized spacial score (nSPS) is 44.0. The van der Waals surface area contributed by atoms with Crippen molar-refractivity contribution in [1.29, 1.82) is 0 Å². The lowest BCUT2D eigenvalue weighted by atomic mass is 9.84. The lowest BCUT2D eigenvalue weighted by Crippen LogP contribution is -2.67. The average molecular weight is 562 g/mol. The maximum Gasteiger partial charge on any atom is 0.394 e. The molecule has 0 spiro atoms. The monoisotopic (exact) mass is 561 g/mol. The highest BCUT2D eigenvalue weighted by molar-refractivity contribution is 7.79. The fraction of sp³-hybridized carbons (Fsp3) is 1.00. The number of aliphatic hydroxyl groups excluding tert-OH is 3. The molecule has 1 saturated carbocycles. The molecule has 1 aliphatic carbocycles. The Kier molecular flexibility index (Phi) is 12.5. The number of aliphatic hydroxyl groups is 3. The highest BCUT2D eigenvalue weighted by Gasteiger charge is 2.48. The second-order valence-electron chi connectivity index (χ2n) is 9.64. The smallest absolute Gasteiger partial charge is 0.389 e. The molecule has 0 aromatic rings. The summed E-state index contributed by atoms with van der Waals surface area (Å²) in [6, 6.07) is -2.04. The number of rotatable bonds is 7. The van der Waals surface area contributed by atoms with Crippen molar-refractivity contribution in [2.75, 3.05) is 20.7 Å². The zero-order valence-corrected chi connectivity index (χ0v) is 22.0. The van der Waals surface area contributed by atoms with Crippen LogP contribution in [0.15, 0.2) is 0 Å². The predicted octanol–water partition coefficient (Wildman–Crippen LogP) is -4.37. The molecule has 2 aliphatic heterocycles. The van der Waals surface area contributed by atoms with Gasteiger partial charge in [-0.25, -0.2) is 0 Å². The van der Waals surface area contributed by atoms with E-state index in [9.17, 15) is 15.3 Å². The lowest BCUT2D eigenvalue weighted by Gasteiger charge is -2.47. The molecule has 37 heavy (non-hydrogen) atoms. The van der Waals surface area contributed by atoms with Crippen LogP contribution in [0.25, 0.3) is 0 Å². The SMILES string of the molecule is CNC(C)C1CC[C@H](N)[C@@H](OC2[C@@H](O)[C@@H](O[C@H]3OC[C@H](O)[C@@H](NC)[C@@H]3O)[C@H](N)C[C@@H]2N)O1.O=S(=O)(O)O. The average Bonchev–Trinajstić information content (AvgIpc) is 2.80. The molecule has 0 amide bonds. The Morgan fingerprint density at radius 2 is 1.46 bits per heavy atom. The topological polar surface area (TPSA) is 274 Å². The van der Waals surface area contributed by atoms with Gasteiger partial charge in [0, 0.05) is 18.1 Å². The first-order valence-corrected chi connectivity index (χ1v) is 13.5. The van der Waals surface area contributed by atoms with Gasteiger partial charge in [0.2, 0.25) is 0 Å². The van der Waals surface area contributed by atoms with Gasteiger partial charge in [-0.3, -0.25) is 9.11 Å². The molecule has 13 N–H and O–H groups in total. The highest BCUT2D eigenvalue weighted by atomic mass is 32.3. The van der Waals surface area contributed by atoms with Gasteiger partial charge < -0.3 is 62.1 Å². The Morgan fingerprint density at radius 3 is 1.97 bits per heavy atom. The van der Waals surface area contributed by atoms with E-state index in [1.165, 1.54) is 0 Å². The van der Waals surface area contributed by atoms with Gasteiger partial charge in [-0.2, -0.15) is 8.42 Å². The molecule has 13 atom stereocenters. The summed E-state index contributed by atoms with van der Waals surface area (Å²) in [7, 11) is -1.18. The third kappa shape index (κ3) is 9.23. The van der Waals surface area contributed by atoms with E-state index >= 15 is 0 Å². The standard InChI is InChI=1S/C20H41N5O7.H2O4S/c1-8(24-2)13-5-4-9(21)19(30-13)31-17-10(22)6-11(23)18(16(17)28)32-20-15(27)14(25-3)12(26)7-29-20;1-5(2,3)4/h8-20,24-28H,4-7,21-23H2,1-3H3;(H2,1,2,3,4)/t8?,9-,10-,11+,12-,13?,14+,15-,16+,17?,18-,19+,20+;/m0./s1.